The number of hydrogen-bond acceptors (Lipinski definition) is 0. The summed E-state index contributed by atoms with van der Waals surface area (Å²) in [6.07, 6.45) is 2.16. The fraction of sp³-hybridized carbons (Fsp3) is 0. The zero-order valence-corrected chi connectivity index (χ0v) is 7.69. The number of rotatable bonds is 0. The van der Waals surface area contributed by atoms with Gasteiger partial charge in [-0.25, -0.2) is 0 Å². The van der Waals surface area contributed by atoms with Crippen molar-refractivity contribution in [3.8, 4) is 0 Å². The molecular weight excluding hydrogens is 208 g/mol. The number of hydrogen-bond donors (Lipinski definition) is 1. The minimum atomic E-state index is -0.180. The fourth-order valence-electron chi connectivity index (χ4n) is 0.986. The summed E-state index contributed by atoms with van der Waals surface area (Å²) < 4.78 is 0. The molecule has 0 bridgehead atoms. The van der Waals surface area contributed by atoms with Gasteiger partial charge in [-0.1, -0.05) is 12.1 Å². The molecule has 1 radical (unpaired) electrons. The summed E-state index contributed by atoms with van der Waals surface area (Å²) in [6, 6.07) is 9.16. The first kappa shape index (κ1) is 6.50. The van der Waals surface area contributed by atoms with Crippen LogP contribution in [-0.2, 0) is 0 Å². The maximum absolute atomic E-state index is 3.59. The highest BCUT2D eigenvalue weighted by Gasteiger charge is 2.08. The lowest BCUT2D eigenvalue weighted by Crippen LogP contribution is -1.72. The van der Waals surface area contributed by atoms with E-state index in [4.69, 9.17) is 0 Å². The van der Waals surface area contributed by atoms with E-state index in [0.29, 0.717) is 0 Å². The van der Waals surface area contributed by atoms with Gasteiger partial charge in [0.1, 0.15) is 0 Å². The maximum atomic E-state index is 3.59. The predicted molar refractivity (Wildman–Crippen MR) is 50.5 cm³/mol. The van der Waals surface area contributed by atoms with Crippen LogP contribution in [-0.4, -0.2) is 0 Å². The molecule has 1 atom stereocenters. The van der Waals surface area contributed by atoms with Gasteiger partial charge in [0, 0.05) is 4.90 Å². The average molecular weight is 214 g/mol. The van der Waals surface area contributed by atoms with Crippen LogP contribution in [0.1, 0.15) is 5.56 Å². The third-order valence-corrected chi connectivity index (χ3v) is 4.60. The van der Waals surface area contributed by atoms with Crippen molar-refractivity contribution < 1.29 is 0 Å². The van der Waals surface area contributed by atoms with Crippen molar-refractivity contribution >= 4 is 30.2 Å². The van der Waals surface area contributed by atoms with Gasteiger partial charge in [0.2, 0.25) is 0 Å². The lowest BCUT2D eigenvalue weighted by molar-refractivity contribution is 1.44. The second kappa shape index (κ2) is 2.44. The summed E-state index contributed by atoms with van der Waals surface area (Å²) >= 11 is 3.59. The summed E-state index contributed by atoms with van der Waals surface area (Å²) in [5, 5.41) is 2.20. The summed E-state index contributed by atoms with van der Waals surface area (Å²) in [4.78, 5) is 1.39. The lowest BCUT2D eigenvalue weighted by Gasteiger charge is -2.03. The number of benzene rings is 1. The van der Waals surface area contributed by atoms with Crippen LogP contribution in [0, 0.1) is 6.07 Å². The van der Waals surface area contributed by atoms with Gasteiger partial charge in [-0.3, -0.25) is 0 Å². The molecule has 10 heavy (non-hydrogen) atoms. The van der Waals surface area contributed by atoms with E-state index < -0.39 is 0 Å². The van der Waals surface area contributed by atoms with E-state index in [1.807, 2.05) is 6.07 Å². The Kier molecular flexibility index (Phi) is 1.58. The molecule has 0 aromatic heterocycles. The van der Waals surface area contributed by atoms with Crippen LogP contribution in [0.5, 0.6) is 0 Å². The molecule has 0 N–H and O–H groups in total. The molecule has 0 saturated carbocycles. The van der Waals surface area contributed by atoms with Crippen molar-refractivity contribution in [3.63, 3.8) is 0 Å². The minimum Gasteiger partial charge on any atom is -0.147 e. The molecule has 1 aliphatic rings. The highest BCUT2D eigenvalue weighted by atomic mass is 79.9. The van der Waals surface area contributed by atoms with Gasteiger partial charge in [-0.15, -0.1) is 9.33 Å². The van der Waals surface area contributed by atoms with Crippen LogP contribution >= 0.6 is 24.1 Å². The second-order valence-electron chi connectivity index (χ2n) is 2.11. The van der Waals surface area contributed by atoms with Gasteiger partial charge < -0.3 is 0 Å². The minimum absolute atomic E-state index is 0.180. The van der Waals surface area contributed by atoms with Crippen LogP contribution < -0.4 is 0 Å². The summed E-state index contributed by atoms with van der Waals surface area (Å²) in [5.41, 5.74) is 1.33. The molecular formula is C8H6BrS. The smallest absolute Gasteiger partial charge is 0.00821 e. The molecule has 0 fully saturated rings. The van der Waals surface area contributed by atoms with E-state index >= 15 is 0 Å². The zero-order valence-electron chi connectivity index (χ0n) is 5.21. The van der Waals surface area contributed by atoms with Crippen molar-refractivity contribution in [2.24, 2.45) is 0 Å². The topological polar surface area (TPSA) is 0 Å². The van der Waals surface area contributed by atoms with Crippen molar-refractivity contribution in [1.29, 1.82) is 0 Å². The average Bonchev–Trinajstić information content (AvgIpc) is 2.34. The highest BCUT2D eigenvalue weighted by molar-refractivity contribution is 9.54. The first-order valence-electron chi connectivity index (χ1n) is 3.01. The first-order valence-corrected chi connectivity index (χ1v) is 6.44. The largest absolute Gasteiger partial charge is 0.147 e. The van der Waals surface area contributed by atoms with E-state index in [1.165, 1.54) is 10.5 Å². The molecule has 0 nitrogen and oxygen atoms in total. The van der Waals surface area contributed by atoms with Crippen molar-refractivity contribution in [2.75, 3.05) is 0 Å². The Labute approximate surface area is 70.5 Å². The highest BCUT2D eigenvalue weighted by Crippen LogP contribution is 2.51. The van der Waals surface area contributed by atoms with Gasteiger partial charge in [-0.2, -0.15) is 0 Å². The Morgan fingerprint density at radius 2 is 2.40 bits per heavy atom. The SMILES string of the molecule is Br[SH]1C=Cc2cc[c]cc21. The Balaban J connectivity index is 2.59. The van der Waals surface area contributed by atoms with Crippen molar-refractivity contribution in [3.05, 3.63) is 35.2 Å². The molecule has 1 aromatic rings. The van der Waals surface area contributed by atoms with E-state index in [1.54, 1.807) is 0 Å². The van der Waals surface area contributed by atoms with Crippen molar-refractivity contribution in [2.45, 2.75) is 4.90 Å². The molecule has 51 valence electrons. The number of halogens is 1. The molecule has 1 unspecified atom stereocenters. The van der Waals surface area contributed by atoms with Gasteiger partial charge in [0.15, 0.2) is 0 Å². The lowest BCUT2D eigenvalue weighted by atomic mass is 10.2. The molecule has 0 amide bonds. The summed E-state index contributed by atoms with van der Waals surface area (Å²) in [6.45, 7) is 0. The van der Waals surface area contributed by atoms with Crippen LogP contribution in [0.25, 0.3) is 6.08 Å². The Hall–Kier alpha value is -0.210. The third kappa shape index (κ3) is 0.917. The Morgan fingerprint density at radius 3 is 3.20 bits per heavy atom. The maximum Gasteiger partial charge on any atom is 0.00821 e. The van der Waals surface area contributed by atoms with Crippen molar-refractivity contribution in [1.82, 2.24) is 0 Å². The van der Waals surface area contributed by atoms with E-state index in [9.17, 15) is 0 Å². The molecule has 2 heteroatoms. The molecule has 0 saturated heterocycles. The Bertz CT molecular complexity index is 280. The quantitative estimate of drug-likeness (QED) is 0.630. The molecule has 0 aliphatic carbocycles. The van der Waals surface area contributed by atoms with E-state index in [-0.39, 0.29) is 9.33 Å². The van der Waals surface area contributed by atoms with E-state index in [2.05, 4.69) is 44.5 Å². The Morgan fingerprint density at radius 1 is 1.50 bits per heavy atom. The van der Waals surface area contributed by atoms with Gasteiger partial charge >= 0.3 is 0 Å². The monoisotopic (exact) mass is 213 g/mol. The molecule has 2 rings (SSSR count). The molecule has 1 heterocycles. The fourth-order valence-corrected chi connectivity index (χ4v) is 3.31. The second-order valence-corrected chi connectivity index (χ2v) is 5.81. The zero-order chi connectivity index (χ0) is 6.97. The van der Waals surface area contributed by atoms with Gasteiger partial charge in [0.25, 0.3) is 0 Å². The standard InChI is InChI=1S/C8H6BrS/c9-10-6-5-7-3-1-2-4-8(7)10/h1,3-6,10H. The number of fused-ring (bicyclic) bond motifs is 1. The summed E-state index contributed by atoms with van der Waals surface area (Å²) in [5.74, 6) is 0. The van der Waals surface area contributed by atoms with Gasteiger partial charge in [-0.05, 0) is 44.0 Å². The third-order valence-electron chi connectivity index (χ3n) is 1.49. The first-order chi connectivity index (χ1) is 4.88. The summed E-state index contributed by atoms with van der Waals surface area (Å²) in [7, 11) is -0.180. The van der Waals surface area contributed by atoms with Gasteiger partial charge in [0.05, 0.1) is 0 Å². The van der Waals surface area contributed by atoms with Crippen LogP contribution in [0.15, 0.2) is 28.5 Å². The normalized spacial score (nSPS) is 24.7. The molecule has 0 spiro atoms. The number of thiol groups is 1. The molecule has 1 aromatic carbocycles. The van der Waals surface area contributed by atoms with Crippen LogP contribution in [0.3, 0.4) is 0 Å². The predicted octanol–water partition coefficient (Wildman–Crippen LogP) is 3.14. The van der Waals surface area contributed by atoms with E-state index in [0.717, 1.165) is 0 Å². The molecule has 1 aliphatic heterocycles. The van der Waals surface area contributed by atoms with Crippen LogP contribution in [0.4, 0.5) is 0 Å². The van der Waals surface area contributed by atoms with Crippen LogP contribution in [0.2, 0.25) is 0 Å².